The molecule has 1 unspecified atom stereocenters. The maximum absolute atomic E-state index is 12.0. The molecule has 1 aromatic heterocycles. The molecule has 0 spiro atoms. The van der Waals surface area contributed by atoms with E-state index in [-0.39, 0.29) is 23.7 Å². The summed E-state index contributed by atoms with van der Waals surface area (Å²) in [6.45, 7) is 9.04. The second-order valence-electron chi connectivity index (χ2n) is 6.50. The standard InChI is InChI=1S/C14H24N4O2.ClH/c1-14(2,3)11-6-13(20-17-11)16-12(19)9-18-5-4-10(7-15)8-18;/h6,10H,4-5,7-9,15H2,1-3H3,(H,16,19);1H. The third-order valence-corrected chi connectivity index (χ3v) is 3.61. The fraction of sp³-hybridized carbons (Fsp3) is 0.714. The molecule has 21 heavy (non-hydrogen) atoms. The van der Waals surface area contributed by atoms with Crippen molar-refractivity contribution in [2.75, 3.05) is 31.5 Å². The lowest BCUT2D eigenvalue weighted by Crippen LogP contribution is -2.32. The summed E-state index contributed by atoms with van der Waals surface area (Å²) in [6.07, 6.45) is 1.07. The maximum Gasteiger partial charge on any atom is 0.240 e. The smallest absolute Gasteiger partial charge is 0.240 e. The van der Waals surface area contributed by atoms with Crippen LogP contribution in [-0.4, -0.2) is 42.1 Å². The molecule has 1 amide bonds. The predicted octanol–water partition coefficient (Wildman–Crippen LogP) is 1.61. The summed E-state index contributed by atoms with van der Waals surface area (Å²) in [7, 11) is 0. The highest BCUT2D eigenvalue weighted by Gasteiger charge is 2.24. The van der Waals surface area contributed by atoms with Crippen molar-refractivity contribution in [3.8, 4) is 0 Å². The van der Waals surface area contributed by atoms with Gasteiger partial charge in [-0.1, -0.05) is 25.9 Å². The number of nitrogens with one attached hydrogen (secondary N) is 1. The van der Waals surface area contributed by atoms with Gasteiger partial charge in [-0.3, -0.25) is 15.0 Å². The lowest BCUT2D eigenvalue weighted by atomic mass is 9.92. The van der Waals surface area contributed by atoms with Crippen LogP contribution in [0.3, 0.4) is 0 Å². The van der Waals surface area contributed by atoms with Crippen LogP contribution in [0.5, 0.6) is 0 Å². The number of carbonyl (C=O) groups excluding carboxylic acids is 1. The Labute approximate surface area is 131 Å². The summed E-state index contributed by atoms with van der Waals surface area (Å²) in [6, 6.07) is 1.78. The van der Waals surface area contributed by atoms with Crippen molar-refractivity contribution in [1.29, 1.82) is 0 Å². The molecule has 0 radical (unpaired) electrons. The Morgan fingerprint density at radius 1 is 1.57 bits per heavy atom. The number of anilines is 1. The highest BCUT2D eigenvalue weighted by molar-refractivity contribution is 5.91. The number of carbonyl (C=O) groups is 1. The van der Waals surface area contributed by atoms with Crippen LogP contribution in [0, 0.1) is 5.92 Å². The number of amides is 1. The molecule has 1 aliphatic rings. The highest BCUT2D eigenvalue weighted by Crippen LogP contribution is 2.23. The van der Waals surface area contributed by atoms with E-state index in [1.807, 2.05) is 20.8 Å². The van der Waals surface area contributed by atoms with Crippen molar-refractivity contribution >= 4 is 24.2 Å². The van der Waals surface area contributed by atoms with E-state index in [9.17, 15) is 4.79 Å². The van der Waals surface area contributed by atoms with Crippen LogP contribution >= 0.6 is 12.4 Å². The summed E-state index contributed by atoms with van der Waals surface area (Å²) >= 11 is 0. The van der Waals surface area contributed by atoms with Gasteiger partial charge in [-0.2, -0.15) is 0 Å². The Balaban J connectivity index is 0.00000220. The molecule has 120 valence electrons. The second kappa shape index (κ2) is 7.24. The van der Waals surface area contributed by atoms with E-state index in [0.29, 0.717) is 24.9 Å². The van der Waals surface area contributed by atoms with Crippen LogP contribution in [0.25, 0.3) is 0 Å². The molecule has 6 nitrogen and oxygen atoms in total. The molecule has 0 saturated carbocycles. The van der Waals surface area contributed by atoms with Gasteiger partial charge in [-0.05, 0) is 25.4 Å². The third-order valence-electron chi connectivity index (χ3n) is 3.61. The Morgan fingerprint density at radius 2 is 2.29 bits per heavy atom. The Kier molecular flexibility index (Phi) is 6.19. The lowest BCUT2D eigenvalue weighted by Gasteiger charge is -2.14. The van der Waals surface area contributed by atoms with Crippen molar-refractivity contribution in [3.63, 3.8) is 0 Å². The van der Waals surface area contributed by atoms with Crippen LogP contribution < -0.4 is 11.1 Å². The molecule has 0 bridgehead atoms. The quantitative estimate of drug-likeness (QED) is 0.881. The molecular formula is C14H25ClN4O2. The Morgan fingerprint density at radius 3 is 2.81 bits per heavy atom. The number of nitrogens with zero attached hydrogens (tertiary/aromatic N) is 2. The van der Waals surface area contributed by atoms with Crippen LogP contribution in [0.2, 0.25) is 0 Å². The van der Waals surface area contributed by atoms with Crippen molar-refractivity contribution in [2.24, 2.45) is 11.7 Å². The van der Waals surface area contributed by atoms with E-state index in [2.05, 4.69) is 15.4 Å². The summed E-state index contributed by atoms with van der Waals surface area (Å²) in [4.78, 5) is 14.1. The average Bonchev–Trinajstić information content (AvgIpc) is 2.97. The molecule has 2 rings (SSSR count). The topological polar surface area (TPSA) is 84.4 Å². The molecule has 0 aromatic carbocycles. The first-order valence-electron chi connectivity index (χ1n) is 7.08. The van der Waals surface area contributed by atoms with Gasteiger partial charge in [0.1, 0.15) is 0 Å². The van der Waals surface area contributed by atoms with Gasteiger partial charge in [0.2, 0.25) is 11.8 Å². The molecule has 1 fully saturated rings. The van der Waals surface area contributed by atoms with E-state index in [1.54, 1.807) is 6.07 Å². The van der Waals surface area contributed by atoms with Gasteiger partial charge in [0, 0.05) is 18.0 Å². The first-order chi connectivity index (χ1) is 9.38. The van der Waals surface area contributed by atoms with Crippen LogP contribution in [0.15, 0.2) is 10.6 Å². The van der Waals surface area contributed by atoms with Crippen molar-refractivity contribution in [1.82, 2.24) is 10.1 Å². The number of hydrogen-bond acceptors (Lipinski definition) is 5. The molecule has 1 aromatic rings. The maximum atomic E-state index is 12.0. The number of rotatable bonds is 4. The third kappa shape index (κ3) is 4.98. The molecular weight excluding hydrogens is 292 g/mol. The van der Waals surface area contributed by atoms with Crippen molar-refractivity contribution < 1.29 is 9.32 Å². The number of likely N-dealkylation sites (tertiary alicyclic amines) is 1. The average molecular weight is 317 g/mol. The monoisotopic (exact) mass is 316 g/mol. The first-order valence-corrected chi connectivity index (χ1v) is 7.08. The Bertz CT molecular complexity index is 470. The lowest BCUT2D eigenvalue weighted by molar-refractivity contribution is -0.117. The normalized spacial score (nSPS) is 19.3. The van der Waals surface area contributed by atoms with Gasteiger partial charge in [-0.15, -0.1) is 12.4 Å². The molecule has 1 atom stereocenters. The fourth-order valence-electron chi connectivity index (χ4n) is 2.32. The molecule has 2 heterocycles. The van der Waals surface area contributed by atoms with Gasteiger partial charge >= 0.3 is 0 Å². The van der Waals surface area contributed by atoms with Gasteiger partial charge in [0.25, 0.3) is 0 Å². The largest absolute Gasteiger partial charge is 0.338 e. The van der Waals surface area contributed by atoms with E-state index < -0.39 is 0 Å². The molecule has 0 aliphatic carbocycles. The zero-order valence-corrected chi connectivity index (χ0v) is 13.7. The Hall–Kier alpha value is -1.11. The van der Waals surface area contributed by atoms with Gasteiger partial charge in [0.05, 0.1) is 12.2 Å². The summed E-state index contributed by atoms with van der Waals surface area (Å²) < 4.78 is 5.15. The molecule has 3 N–H and O–H groups in total. The van der Waals surface area contributed by atoms with Crippen LogP contribution in [0.4, 0.5) is 5.88 Å². The minimum absolute atomic E-state index is 0. The second-order valence-corrected chi connectivity index (χ2v) is 6.50. The molecule has 7 heteroatoms. The fourth-order valence-corrected chi connectivity index (χ4v) is 2.32. The predicted molar refractivity (Wildman–Crippen MR) is 84.7 cm³/mol. The van der Waals surface area contributed by atoms with E-state index in [1.165, 1.54) is 0 Å². The zero-order chi connectivity index (χ0) is 14.8. The van der Waals surface area contributed by atoms with Gasteiger partial charge in [-0.25, -0.2) is 0 Å². The highest BCUT2D eigenvalue weighted by atomic mass is 35.5. The summed E-state index contributed by atoms with van der Waals surface area (Å²) in [5.74, 6) is 0.856. The van der Waals surface area contributed by atoms with E-state index in [4.69, 9.17) is 10.3 Å². The number of aromatic nitrogens is 1. The number of halogens is 1. The number of nitrogens with two attached hydrogens (primary N) is 1. The van der Waals surface area contributed by atoms with E-state index >= 15 is 0 Å². The van der Waals surface area contributed by atoms with E-state index in [0.717, 1.165) is 25.2 Å². The zero-order valence-electron chi connectivity index (χ0n) is 12.9. The van der Waals surface area contributed by atoms with Crippen LogP contribution in [-0.2, 0) is 10.2 Å². The van der Waals surface area contributed by atoms with Gasteiger partial charge in [0.15, 0.2) is 0 Å². The summed E-state index contributed by atoms with van der Waals surface area (Å²) in [5.41, 5.74) is 6.39. The SMILES string of the molecule is CC(C)(C)c1cc(NC(=O)CN2CCC(CN)C2)on1.Cl. The minimum Gasteiger partial charge on any atom is -0.338 e. The first kappa shape index (κ1) is 17.9. The minimum atomic E-state index is -0.0875. The van der Waals surface area contributed by atoms with Crippen molar-refractivity contribution in [2.45, 2.75) is 32.6 Å². The van der Waals surface area contributed by atoms with Crippen molar-refractivity contribution in [3.05, 3.63) is 11.8 Å². The molecule has 1 saturated heterocycles. The summed E-state index contributed by atoms with van der Waals surface area (Å²) in [5, 5.41) is 6.73. The number of hydrogen-bond donors (Lipinski definition) is 2. The van der Waals surface area contributed by atoms with Gasteiger partial charge < -0.3 is 10.3 Å². The van der Waals surface area contributed by atoms with Crippen LogP contribution in [0.1, 0.15) is 32.9 Å². The molecule has 1 aliphatic heterocycles.